The highest BCUT2D eigenvalue weighted by Crippen LogP contribution is 2.25. The van der Waals surface area contributed by atoms with Crippen LogP contribution in [0.25, 0.3) is 0 Å². The van der Waals surface area contributed by atoms with Crippen LogP contribution in [0.2, 0.25) is 10.0 Å². The monoisotopic (exact) mass is 501 g/mol. The van der Waals surface area contributed by atoms with Gasteiger partial charge in [-0.25, -0.2) is 0 Å². The van der Waals surface area contributed by atoms with E-state index in [1.54, 1.807) is 24.3 Å². The molecule has 0 saturated heterocycles. The maximum Gasteiger partial charge on any atom is 0.276 e. The van der Waals surface area contributed by atoms with Gasteiger partial charge in [0.25, 0.3) is 5.91 Å². The summed E-state index contributed by atoms with van der Waals surface area (Å²) in [5, 5.41) is 3.33. The molecule has 10 heteroatoms. The SMILES string of the molecule is Cc1cc(OCC(=O)NNC(=O)CCC(=O)Nc2ccc(Cl)cc2Cl)ccc1Br. The highest BCUT2D eigenvalue weighted by atomic mass is 79.9. The van der Waals surface area contributed by atoms with Crippen LogP contribution >= 0.6 is 39.1 Å². The van der Waals surface area contributed by atoms with E-state index in [1.807, 2.05) is 13.0 Å². The van der Waals surface area contributed by atoms with Crippen molar-refractivity contribution in [3.8, 4) is 5.75 Å². The molecule has 0 heterocycles. The molecule has 0 aliphatic rings. The van der Waals surface area contributed by atoms with Crippen molar-refractivity contribution < 1.29 is 19.1 Å². The predicted octanol–water partition coefficient (Wildman–Crippen LogP) is 4.01. The number of benzene rings is 2. The minimum absolute atomic E-state index is 0.0880. The Bertz CT molecular complexity index is 924. The fraction of sp³-hybridized carbons (Fsp3) is 0.211. The van der Waals surface area contributed by atoms with Crippen LogP contribution in [0.4, 0.5) is 5.69 Å². The molecule has 0 radical (unpaired) electrons. The zero-order chi connectivity index (χ0) is 21.4. The number of halogens is 3. The normalized spacial score (nSPS) is 10.2. The molecule has 0 fully saturated rings. The zero-order valence-corrected chi connectivity index (χ0v) is 18.5. The van der Waals surface area contributed by atoms with Gasteiger partial charge in [0.05, 0.1) is 10.7 Å². The van der Waals surface area contributed by atoms with Crippen LogP contribution in [0.5, 0.6) is 5.75 Å². The molecule has 7 nitrogen and oxygen atoms in total. The molecule has 2 aromatic carbocycles. The van der Waals surface area contributed by atoms with Gasteiger partial charge in [0.2, 0.25) is 11.8 Å². The van der Waals surface area contributed by atoms with Crippen molar-refractivity contribution in [2.45, 2.75) is 19.8 Å². The van der Waals surface area contributed by atoms with Crippen LogP contribution in [-0.4, -0.2) is 24.3 Å². The summed E-state index contributed by atoms with van der Waals surface area (Å²) in [6.07, 6.45) is -0.209. The average molecular weight is 503 g/mol. The highest BCUT2D eigenvalue weighted by Gasteiger charge is 2.11. The quantitative estimate of drug-likeness (QED) is 0.498. The second-order valence-electron chi connectivity index (χ2n) is 5.97. The van der Waals surface area contributed by atoms with E-state index in [2.05, 4.69) is 32.1 Å². The van der Waals surface area contributed by atoms with E-state index >= 15 is 0 Å². The third-order valence-corrected chi connectivity index (χ3v) is 5.06. The lowest BCUT2D eigenvalue weighted by atomic mass is 10.2. The molecule has 0 saturated carbocycles. The van der Waals surface area contributed by atoms with Crippen LogP contribution in [0.3, 0.4) is 0 Å². The van der Waals surface area contributed by atoms with E-state index in [0.717, 1.165) is 10.0 Å². The average Bonchev–Trinajstić information content (AvgIpc) is 2.67. The van der Waals surface area contributed by atoms with Gasteiger partial charge in [-0.05, 0) is 48.9 Å². The Hall–Kier alpha value is -2.29. The number of ether oxygens (including phenoxy) is 1. The van der Waals surface area contributed by atoms with Crippen molar-refractivity contribution in [1.29, 1.82) is 0 Å². The number of rotatable bonds is 7. The number of hydrogen-bond acceptors (Lipinski definition) is 4. The Labute approximate surface area is 186 Å². The summed E-state index contributed by atoms with van der Waals surface area (Å²) in [4.78, 5) is 35.4. The Balaban J connectivity index is 1.67. The van der Waals surface area contributed by atoms with Crippen LogP contribution in [-0.2, 0) is 14.4 Å². The Kier molecular flexibility index (Phi) is 8.75. The first-order chi connectivity index (χ1) is 13.7. The Morgan fingerprint density at radius 3 is 2.34 bits per heavy atom. The summed E-state index contributed by atoms with van der Waals surface area (Å²) >= 11 is 15.1. The van der Waals surface area contributed by atoms with Gasteiger partial charge in [-0.2, -0.15) is 0 Å². The highest BCUT2D eigenvalue weighted by molar-refractivity contribution is 9.10. The maximum absolute atomic E-state index is 11.9. The Morgan fingerprint density at radius 2 is 1.66 bits per heavy atom. The largest absolute Gasteiger partial charge is 0.484 e. The number of nitrogens with one attached hydrogen (secondary N) is 3. The fourth-order valence-corrected chi connectivity index (χ4v) is 2.83. The fourth-order valence-electron chi connectivity index (χ4n) is 2.12. The topological polar surface area (TPSA) is 96.5 Å². The number of carbonyl (C=O) groups is 3. The molecule has 0 unspecified atom stereocenters. The molecule has 0 atom stereocenters. The van der Waals surface area contributed by atoms with Gasteiger partial charge in [-0.1, -0.05) is 39.1 Å². The molecule has 2 aromatic rings. The molecule has 3 N–H and O–H groups in total. The van der Waals surface area contributed by atoms with Gasteiger partial charge in [-0.3, -0.25) is 25.2 Å². The van der Waals surface area contributed by atoms with Crippen LogP contribution in [0.15, 0.2) is 40.9 Å². The number of aryl methyl sites for hydroxylation is 1. The van der Waals surface area contributed by atoms with Crippen LogP contribution < -0.4 is 20.9 Å². The second kappa shape index (κ2) is 11.0. The van der Waals surface area contributed by atoms with E-state index in [0.29, 0.717) is 21.5 Å². The molecule has 0 aliphatic carbocycles. The van der Waals surface area contributed by atoms with Gasteiger partial charge in [0, 0.05) is 22.3 Å². The summed E-state index contributed by atoms with van der Waals surface area (Å²) < 4.78 is 6.28. The number of amides is 3. The number of carbonyl (C=O) groups excluding carboxylic acids is 3. The van der Waals surface area contributed by atoms with E-state index in [9.17, 15) is 14.4 Å². The second-order valence-corrected chi connectivity index (χ2v) is 7.67. The van der Waals surface area contributed by atoms with Gasteiger partial charge in [-0.15, -0.1) is 0 Å². The van der Waals surface area contributed by atoms with Crippen LogP contribution in [0.1, 0.15) is 18.4 Å². The van der Waals surface area contributed by atoms with Crippen molar-refractivity contribution in [3.05, 3.63) is 56.5 Å². The third-order valence-electron chi connectivity index (χ3n) is 3.63. The lowest BCUT2D eigenvalue weighted by Gasteiger charge is -2.10. The molecule has 0 spiro atoms. The molecule has 154 valence electrons. The molecule has 29 heavy (non-hydrogen) atoms. The minimum atomic E-state index is -0.531. The minimum Gasteiger partial charge on any atom is -0.484 e. The molecule has 0 aliphatic heterocycles. The van der Waals surface area contributed by atoms with E-state index in [4.69, 9.17) is 27.9 Å². The van der Waals surface area contributed by atoms with Crippen molar-refractivity contribution in [3.63, 3.8) is 0 Å². The summed E-state index contributed by atoms with van der Waals surface area (Å²) in [7, 11) is 0. The van der Waals surface area contributed by atoms with Crippen molar-refractivity contribution in [2.75, 3.05) is 11.9 Å². The van der Waals surface area contributed by atoms with Crippen molar-refractivity contribution in [1.82, 2.24) is 10.9 Å². The maximum atomic E-state index is 11.9. The van der Waals surface area contributed by atoms with Gasteiger partial charge < -0.3 is 10.1 Å². The molecular weight excluding hydrogens is 485 g/mol. The number of hydrazine groups is 1. The Morgan fingerprint density at radius 1 is 0.966 bits per heavy atom. The van der Waals surface area contributed by atoms with Gasteiger partial charge in [0.15, 0.2) is 6.61 Å². The zero-order valence-electron chi connectivity index (χ0n) is 15.4. The summed E-state index contributed by atoms with van der Waals surface area (Å²) in [5.74, 6) is -0.916. The summed E-state index contributed by atoms with van der Waals surface area (Å²) in [6, 6.07) is 9.96. The lowest BCUT2D eigenvalue weighted by molar-refractivity contribution is -0.130. The summed E-state index contributed by atoms with van der Waals surface area (Å²) in [5.41, 5.74) is 5.82. The molecule has 3 amide bonds. The van der Waals surface area contributed by atoms with E-state index in [-0.39, 0.29) is 19.4 Å². The van der Waals surface area contributed by atoms with Crippen molar-refractivity contribution in [2.24, 2.45) is 0 Å². The molecule has 0 bridgehead atoms. The first kappa shape index (κ1) is 23.0. The third kappa shape index (κ3) is 7.92. The summed E-state index contributed by atoms with van der Waals surface area (Å²) in [6.45, 7) is 1.63. The predicted molar refractivity (Wildman–Crippen MR) is 115 cm³/mol. The molecular formula is C19H18BrCl2N3O4. The number of hydrogen-bond donors (Lipinski definition) is 3. The van der Waals surface area contributed by atoms with Gasteiger partial charge in [0.1, 0.15) is 5.75 Å². The molecule has 2 rings (SSSR count). The van der Waals surface area contributed by atoms with E-state index < -0.39 is 17.7 Å². The molecule has 0 aromatic heterocycles. The lowest BCUT2D eigenvalue weighted by Crippen LogP contribution is -2.44. The number of anilines is 1. The first-order valence-electron chi connectivity index (χ1n) is 8.46. The first-order valence-corrected chi connectivity index (χ1v) is 10.0. The van der Waals surface area contributed by atoms with Crippen molar-refractivity contribution >= 4 is 62.5 Å². The smallest absolute Gasteiger partial charge is 0.276 e. The standard InChI is InChI=1S/C19H18BrCl2N3O4/c1-11-8-13(3-4-14(11)20)29-10-19(28)25-24-18(27)7-6-17(26)23-16-5-2-12(21)9-15(16)22/h2-5,8-9H,6-7,10H2,1H3,(H,23,26)(H,24,27)(H,25,28). The van der Waals surface area contributed by atoms with Crippen LogP contribution in [0, 0.1) is 6.92 Å². The van der Waals surface area contributed by atoms with E-state index in [1.165, 1.54) is 6.07 Å². The van der Waals surface area contributed by atoms with Gasteiger partial charge >= 0.3 is 0 Å².